The molecule has 180 valence electrons. The Hall–Kier alpha value is -2.61. The predicted octanol–water partition coefficient (Wildman–Crippen LogP) is 2.54. The molecule has 2 fully saturated rings. The zero-order valence-electron chi connectivity index (χ0n) is 19.0. The summed E-state index contributed by atoms with van der Waals surface area (Å²) in [4.78, 5) is 39.9. The first-order valence-corrected chi connectivity index (χ1v) is 12.2. The lowest BCUT2D eigenvalue weighted by atomic mass is 9.83. The van der Waals surface area contributed by atoms with E-state index in [4.69, 9.17) is 9.47 Å². The van der Waals surface area contributed by atoms with E-state index < -0.39 is 18.1 Å². The van der Waals surface area contributed by atoms with E-state index in [9.17, 15) is 19.5 Å². The second-order valence-corrected chi connectivity index (χ2v) is 9.36. The van der Waals surface area contributed by atoms with E-state index in [0.717, 1.165) is 43.4 Å². The largest absolute Gasteiger partial charge is 0.494 e. The molecule has 3 heterocycles. The van der Waals surface area contributed by atoms with Gasteiger partial charge in [-0.15, -0.1) is 0 Å². The highest BCUT2D eigenvalue weighted by Gasteiger charge is 2.44. The molecular weight excluding hydrogens is 424 g/mol. The minimum absolute atomic E-state index is 0.0339. The highest BCUT2D eigenvalue weighted by molar-refractivity contribution is 5.91. The van der Waals surface area contributed by atoms with Gasteiger partial charge >= 0.3 is 5.97 Å². The number of rotatable bonds is 2. The number of amides is 2. The molecule has 2 N–H and O–H groups in total. The van der Waals surface area contributed by atoms with Gasteiger partial charge in [0.15, 0.2) is 0 Å². The lowest BCUT2D eigenvalue weighted by Gasteiger charge is -2.34. The Morgan fingerprint density at radius 1 is 1.00 bits per heavy atom. The monoisotopic (exact) mass is 458 g/mol. The Morgan fingerprint density at radius 3 is 2.48 bits per heavy atom. The summed E-state index contributed by atoms with van der Waals surface area (Å²) in [6.07, 6.45) is 6.32. The highest BCUT2D eigenvalue weighted by Crippen LogP contribution is 2.30. The molecule has 8 nitrogen and oxygen atoms in total. The fraction of sp³-hybridized carbons (Fsp3) is 0.640. The Kier molecular flexibility index (Phi) is 7.85. The number of fused-ring (bicyclic) bond motifs is 11. The fourth-order valence-electron chi connectivity index (χ4n) is 5.18. The average Bonchev–Trinajstić information content (AvgIpc) is 3.26. The summed E-state index contributed by atoms with van der Waals surface area (Å²) >= 11 is 0. The van der Waals surface area contributed by atoms with Crippen molar-refractivity contribution in [2.24, 2.45) is 5.92 Å². The molecule has 0 radical (unpaired) electrons. The molecule has 4 aliphatic rings. The highest BCUT2D eigenvalue weighted by atomic mass is 16.5. The van der Waals surface area contributed by atoms with Crippen molar-refractivity contribution in [3.63, 3.8) is 0 Å². The van der Waals surface area contributed by atoms with Gasteiger partial charge < -0.3 is 24.8 Å². The van der Waals surface area contributed by atoms with Crippen LogP contribution >= 0.6 is 0 Å². The predicted molar refractivity (Wildman–Crippen MR) is 121 cm³/mol. The van der Waals surface area contributed by atoms with Gasteiger partial charge in [0.2, 0.25) is 11.8 Å². The van der Waals surface area contributed by atoms with Gasteiger partial charge in [-0.1, -0.05) is 31.4 Å². The van der Waals surface area contributed by atoms with Crippen molar-refractivity contribution in [3.05, 3.63) is 29.8 Å². The molecule has 4 bridgehead atoms. The van der Waals surface area contributed by atoms with E-state index in [0.29, 0.717) is 26.1 Å². The van der Waals surface area contributed by atoms with E-state index in [1.54, 1.807) is 0 Å². The van der Waals surface area contributed by atoms with Gasteiger partial charge in [-0.05, 0) is 42.9 Å². The number of hydrogen-bond donors (Lipinski definition) is 2. The quantitative estimate of drug-likeness (QED) is 0.706. The summed E-state index contributed by atoms with van der Waals surface area (Å²) in [6, 6.07) is 6.09. The van der Waals surface area contributed by atoms with Gasteiger partial charge in [0, 0.05) is 25.8 Å². The molecule has 2 amide bonds. The van der Waals surface area contributed by atoms with Crippen LogP contribution in [0.25, 0.3) is 0 Å². The second-order valence-electron chi connectivity index (χ2n) is 9.36. The van der Waals surface area contributed by atoms with E-state index in [2.05, 4.69) is 5.32 Å². The minimum Gasteiger partial charge on any atom is -0.494 e. The molecule has 5 rings (SSSR count). The molecule has 0 spiro atoms. The third kappa shape index (κ3) is 6.05. The van der Waals surface area contributed by atoms with E-state index in [1.165, 1.54) is 4.90 Å². The Balaban J connectivity index is 1.55. The lowest BCUT2D eigenvalue weighted by Crippen LogP contribution is -2.55. The lowest BCUT2D eigenvalue weighted by molar-refractivity contribution is -0.150. The van der Waals surface area contributed by atoms with Gasteiger partial charge in [0.05, 0.1) is 19.3 Å². The number of carboxylic acid groups (broad SMARTS) is 1. The van der Waals surface area contributed by atoms with Crippen molar-refractivity contribution in [2.75, 3.05) is 19.8 Å². The SMILES string of the molecule is O=C1CCc2ccc(cc2)OCCCO[C@@H]2C[C@@H](C(=O)O)N(C2)C(=O)[C@H](C2CCCCC2)N1. The molecule has 3 atom stereocenters. The molecule has 0 aromatic heterocycles. The Bertz CT molecular complexity index is 836. The molecular formula is C25H34N2O6. The minimum atomic E-state index is -1.03. The smallest absolute Gasteiger partial charge is 0.326 e. The van der Waals surface area contributed by atoms with Crippen LogP contribution in [0.4, 0.5) is 0 Å². The molecule has 1 aromatic carbocycles. The summed E-state index contributed by atoms with van der Waals surface area (Å²) in [5.74, 6) is -0.697. The molecule has 1 aromatic rings. The van der Waals surface area contributed by atoms with Gasteiger partial charge in [-0.2, -0.15) is 0 Å². The number of aryl methyl sites for hydroxylation is 1. The van der Waals surface area contributed by atoms with Crippen LogP contribution < -0.4 is 10.1 Å². The average molecular weight is 459 g/mol. The van der Waals surface area contributed by atoms with Crippen LogP contribution in [-0.4, -0.2) is 65.7 Å². The van der Waals surface area contributed by atoms with Crippen LogP contribution in [0, 0.1) is 5.92 Å². The standard InChI is InChI=1S/C25H34N2O6/c28-22-12-9-17-7-10-19(11-8-17)32-13-4-14-33-20-15-21(25(30)31)27(16-20)24(29)23(26-22)18-5-2-1-3-6-18/h7-8,10-11,18,20-21,23H,1-6,9,12-16H2,(H,26,28)(H,30,31)/t20-,21+,23+/m1/s1. The number of ether oxygens (including phenoxy) is 2. The van der Waals surface area contributed by atoms with Crippen molar-refractivity contribution in [1.29, 1.82) is 0 Å². The fourth-order valence-corrected chi connectivity index (χ4v) is 5.18. The molecule has 0 unspecified atom stereocenters. The van der Waals surface area contributed by atoms with Crippen molar-refractivity contribution >= 4 is 17.8 Å². The molecule has 1 saturated heterocycles. The van der Waals surface area contributed by atoms with Crippen molar-refractivity contribution in [3.8, 4) is 5.75 Å². The van der Waals surface area contributed by atoms with Gasteiger partial charge in [0.25, 0.3) is 0 Å². The van der Waals surface area contributed by atoms with Crippen molar-refractivity contribution in [1.82, 2.24) is 10.2 Å². The summed E-state index contributed by atoms with van der Waals surface area (Å²) in [5, 5.41) is 12.8. The first-order chi connectivity index (χ1) is 16.0. The van der Waals surface area contributed by atoms with Crippen LogP contribution in [0.1, 0.15) is 56.9 Å². The van der Waals surface area contributed by atoms with Crippen molar-refractivity contribution < 1.29 is 29.0 Å². The number of hydrogen-bond acceptors (Lipinski definition) is 5. The molecule has 1 aliphatic carbocycles. The topological polar surface area (TPSA) is 105 Å². The number of benzene rings is 1. The number of carbonyl (C=O) groups excluding carboxylic acids is 2. The number of aliphatic carboxylic acids is 1. The first kappa shape index (κ1) is 23.5. The number of carboxylic acids is 1. The molecule has 1 saturated carbocycles. The third-order valence-corrected chi connectivity index (χ3v) is 7.01. The molecule has 33 heavy (non-hydrogen) atoms. The van der Waals surface area contributed by atoms with Crippen LogP contribution in [0.15, 0.2) is 24.3 Å². The Morgan fingerprint density at radius 2 is 1.76 bits per heavy atom. The zero-order valence-corrected chi connectivity index (χ0v) is 19.0. The molecule has 3 aliphatic heterocycles. The van der Waals surface area contributed by atoms with E-state index >= 15 is 0 Å². The summed E-state index contributed by atoms with van der Waals surface area (Å²) in [7, 11) is 0. The van der Waals surface area contributed by atoms with Gasteiger partial charge in [-0.3, -0.25) is 9.59 Å². The van der Waals surface area contributed by atoms with Crippen molar-refractivity contribution in [2.45, 2.75) is 76.0 Å². The first-order valence-electron chi connectivity index (χ1n) is 12.2. The maximum absolute atomic E-state index is 13.6. The summed E-state index contributed by atoms with van der Waals surface area (Å²) in [5.41, 5.74) is 1.02. The van der Waals surface area contributed by atoms with Gasteiger partial charge in [0.1, 0.15) is 17.8 Å². The number of carbonyl (C=O) groups is 3. The van der Waals surface area contributed by atoms with E-state index in [-0.39, 0.29) is 43.2 Å². The van der Waals surface area contributed by atoms with E-state index in [1.807, 2.05) is 24.3 Å². The van der Waals surface area contributed by atoms with Crippen LogP contribution in [0.3, 0.4) is 0 Å². The summed E-state index contributed by atoms with van der Waals surface area (Å²) < 4.78 is 11.7. The zero-order chi connectivity index (χ0) is 23.2. The maximum atomic E-state index is 13.6. The normalized spacial score (nSPS) is 28.0. The number of nitrogens with one attached hydrogen (secondary N) is 1. The Labute approximate surface area is 194 Å². The van der Waals surface area contributed by atoms with Crippen LogP contribution in [-0.2, 0) is 25.5 Å². The van der Waals surface area contributed by atoms with Crippen LogP contribution in [0.2, 0.25) is 0 Å². The second kappa shape index (κ2) is 11.0. The van der Waals surface area contributed by atoms with Crippen LogP contribution in [0.5, 0.6) is 5.75 Å². The third-order valence-electron chi connectivity index (χ3n) is 7.01. The van der Waals surface area contributed by atoms with Gasteiger partial charge in [-0.25, -0.2) is 4.79 Å². The maximum Gasteiger partial charge on any atom is 0.326 e. The number of nitrogens with zero attached hydrogens (tertiary/aromatic N) is 1. The summed E-state index contributed by atoms with van der Waals surface area (Å²) in [6.45, 7) is 1.15. The molecule has 8 heteroatoms.